The fourth-order valence-corrected chi connectivity index (χ4v) is 21.6. The fourth-order valence-electron chi connectivity index (χ4n) is 12.5. The number of nitrogen functional groups attached to an aromatic ring is 5. The number of carboxylic acid groups (broad SMARTS) is 5. The lowest BCUT2D eigenvalue weighted by Crippen LogP contribution is -2.18. The SMILES string of the molecule is CC(=O)OC(C)=O.N.NC(=O)c1c(C(=O)O)cccc1[N+](=O)[O-].NC(=O)c1cccc(N)c1N.NC(=O)c1cccc(NC(=O)CCCCC2CCSS2)c1N.NC(=O)c1cccc([N+](=O)[O-])c1N.NC(=O)c1cccc2[nH]c(CCCCC3CCSS3)nc12.Nc1c(C(=O)O)cccc1[N+](=O)[O-].O.O=C(O)CCCCC1CCSS1.O=C(O)c1cccc([N+](=O)[O-])c1C(=O)O.O=C1OC(=O)c2c1cccc2[N+](=O)[O-]. The Bertz CT molecular complexity index is 5940. The van der Waals surface area contributed by atoms with Crippen molar-refractivity contribution in [2.24, 2.45) is 28.7 Å². The lowest BCUT2D eigenvalue weighted by molar-refractivity contribution is -0.385. The van der Waals surface area contributed by atoms with Gasteiger partial charge in [-0.15, -0.1) is 0 Å². The highest BCUT2D eigenvalue weighted by Gasteiger charge is 2.37. The molecular formula is C87H101N19O33S6. The zero-order chi connectivity index (χ0) is 107. The Hall–Kier alpha value is -16.3. The van der Waals surface area contributed by atoms with E-state index < -0.39 is 147 Å². The number of cyclic esters (lactones) is 2. The number of rotatable bonds is 30. The third-order valence-electron chi connectivity index (χ3n) is 19.2. The number of imidazole rings is 1. The first kappa shape index (κ1) is 125. The Balaban J connectivity index is 0.000000550. The number of aromatic nitrogens is 2. The van der Waals surface area contributed by atoms with E-state index in [1.165, 1.54) is 131 Å². The second kappa shape index (κ2) is 62.8. The third kappa shape index (κ3) is 41.1. The lowest BCUT2D eigenvalue weighted by atomic mass is 10.1. The number of nitrogens with two attached hydrogens (primary N) is 10. The largest absolute Gasteiger partial charge is 0.481 e. The van der Waals surface area contributed by atoms with Gasteiger partial charge in [-0.25, -0.2) is 33.8 Å². The number of aliphatic carboxylic acids is 1. The molecule has 3 fully saturated rings. The minimum Gasteiger partial charge on any atom is -0.481 e. The van der Waals surface area contributed by atoms with Gasteiger partial charge in [-0.2, -0.15) is 0 Å². The van der Waals surface area contributed by atoms with Crippen LogP contribution in [0, 0.1) is 50.6 Å². The minimum absolute atomic E-state index is 0. The number of nitrogens with zero attached hydrogens (tertiary/aromatic N) is 6. The first-order valence-corrected chi connectivity index (χ1v) is 48.7. The number of para-hydroxylation sites is 5. The Morgan fingerprint density at radius 2 is 0.793 bits per heavy atom. The van der Waals surface area contributed by atoms with Crippen molar-refractivity contribution >= 4 is 228 Å². The van der Waals surface area contributed by atoms with Gasteiger partial charge in [-0.05, 0) is 125 Å². The number of aromatic carboxylic acids is 4. The molecule has 9 aromatic rings. The molecule has 0 aliphatic carbocycles. The van der Waals surface area contributed by atoms with Gasteiger partial charge in [0.2, 0.25) is 5.91 Å². The Kier molecular flexibility index (Phi) is 54.0. The number of benzene rings is 8. The van der Waals surface area contributed by atoms with E-state index in [2.05, 4.69) is 24.8 Å². The van der Waals surface area contributed by atoms with Crippen LogP contribution in [0.2, 0.25) is 0 Å². The van der Waals surface area contributed by atoms with Gasteiger partial charge in [0.05, 0.1) is 97.4 Å². The maximum absolute atomic E-state index is 11.9. The summed E-state index contributed by atoms with van der Waals surface area (Å²) in [6.07, 6.45) is 15.5. The number of aromatic amines is 1. The molecule has 8 aromatic carbocycles. The molecule has 58 heteroatoms. The standard InChI is InChI=1S/C15H21N3O2S2.C15H19N3OS2.C8H6N2O5.C8H5NO6.C8H3NO5.C8H14O2S2.C7H7N3O3.C7H9N3O.C7H6N2O4.C4H6O3.H3N.H2O/c16-14-11(15(17)20)5-3-6-12(14)18-13(19)7-2-1-4-10-8-9-21-22-10;16-15(19)11-5-3-6-12-14(11)18-13(17-12)7-2-1-4-10-8-9-20-21-10;9-7(11)6-4(8(12)13)2-1-3-5(6)10(14)15;10-7(11)4-2-1-3-5(9(14)15)6(4)8(12)13;10-7-4-2-1-3-5(9(12)13)6(4)8(11)14-7;9-8(10)4-2-1-3-7-5-6-11-12-7;8-6-4(7(9)11)2-1-3-5(6)10(12)13;8-5-3-1-2-4(6(5)9)7(10)11;8-6-4(7(10)11)2-1-3-5(6)9(12)13;1-3(5)7-4(2)6;;/h3,5-6,10H,1-2,4,7-9,16H2,(H2,17,20)(H,18,19);3,5-6,10H,1-2,4,7-9H2,(H2,16,19)(H,17,18);1-3H,(H2,9,11)(H,12,13);1-3H,(H,10,11)(H,12,13);1-3H;7H,1-6H2,(H,9,10);1-3H,8H2,(H2,9,11);1-3H,8-9H2,(H2,10,11);1-3H,8H2,(H,10,11);1-2H3;1H3;1H2. The minimum atomic E-state index is -1.64. The van der Waals surface area contributed by atoms with Crippen molar-refractivity contribution in [3.05, 3.63) is 263 Å². The molecule has 0 spiro atoms. The number of nitro benzene ring substituents is 5. The van der Waals surface area contributed by atoms with E-state index in [0.29, 0.717) is 35.3 Å². The van der Waals surface area contributed by atoms with Crippen molar-refractivity contribution in [3.63, 3.8) is 0 Å². The number of fused-ring (bicyclic) bond motifs is 2. The van der Waals surface area contributed by atoms with Gasteiger partial charge in [0, 0.05) is 96.5 Å². The number of nitrogens with one attached hydrogen (secondary N) is 2. The van der Waals surface area contributed by atoms with Crippen LogP contribution in [-0.4, -0.2) is 188 Å². The number of aryl methyl sites for hydroxylation is 1. The number of nitro groups is 5. The predicted molar refractivity (Wildman–Crippen MR) is 544 cm³/mol. The number of ether oxygens (including phenoxy) is 2. The van der Waals surface area contributed by atoms with Gasteiger partial charge in [-0.1, -0.05) is 133 Å². The van der Waals surface area contributed by atoms with Crippen LogP contribution in [0.3, 0.4) is 0 Å². The number of carboxylic acids is 5. The quantitative estimate of drug-likeness (QED) is 0.00378. The van der Waals surface area contributed by atoms with Crippen LogP contribution in [0.15, 0.2) is 146 Å². The van der Waals surface area contributed by atoms with Crippen LogP contribution >= 0.6 is 64.8 Å². The highest BCUT2D eigenvalue weighted by Crippen LogP contribution is 2.42. The van der Waals surface area contributed by atoms with Crippen molar-refractivity contribution in [1.82, 2.24) is 16.1 Å². The second-order valence-electron chi connectivity index (χ2n) is 29.3. The molecule has 3 unspecified atom stereocenters. The number of hydrogen-bond acceptors (Lipinski definition) is 40. The van der Waals surface area contributed by atoms with Crippen molar-refractivity contribution in [2.75, 3.05) is 51.2 Å². The van der Waals surface area contributed by atoms with Gasteiger partial charge in [-0.3, -0.25) is 93.7 Å². The summed E-state index contributed by atoms with van der Waals surface area (Å²) in [5.41, 5.74) is 50.6. The molecule has 13 rings (SSSR count). The van der Waals surface area contributed by atoms with E-state index in [-0.39, 0.29) is 85.0 Å². The Labute approximate surface area is 844 Å². The zero-order valence-corrected chi connectivity index (χ0v) is 81.6. The lowest BCUT2D eigenvalue weighted by Gasteiger charge is -2.11. The number of primary amides is 5. The van der Waals surface area contributed by atoms with Crippen molar-refractivity contribution in [2.45, 2.75) is 126 Å². The maximum Gasteiger partial charge on any atom is 0.353 e. The molecule has 32 N–H and O–H groups in total. The molecule has 4 aliphatic rings. The van der Waals surface area contributed by atoms with E-state index in [1.807, 2.05) is 76.9 Å². The molecule has 145 heavy (non-hydrogen) atoms. The average molecular weight is 2130 g/mol. The van der Waals surface area contributed by atoms with Crippen LogP contribution in [0.25, 0.3) is 11.0 Å². The molecule has 3 saturated heterocycles. The van der Waals surface area contributed by atoms with Gasteiger partial charge in [0.15, 0.2) is 11.1 Å². The number of esters is 4. The van der Waals surface area contributed by atoms with E-state index >= 15 is 0 Å². The van der Waals surface area contributed by atoms with Crippen molar-refractivity contribution in [1.29, 1.82) is 0 Å². The van der Waals surface area contributed by atoms with Gasteiger partial charge >= 0.3 is 53.7 Å². The number of anilines is 6. The molecule has 0 saturated carbocycles. The van der Waals surface area contributed by atoms with Crippen LogP contribution in [-0.2, 0) is 35.1 Å². The predicted octanol–water partition coefficient (Wildman–Crippen LogP) is 12.2. The Morgan fingerprint density at radius 1 is 0.428 bits per heavy atom. The summed E-state index contributed by atoms with van der Waals surface area (Å²) in [4.78, 5) is 217. The molecule has 3 atom stereocenters. The molecule has 6 amide bonds. The summed E-state index contributed by atoms with van der Waals surface area (Å²) in [6, 6.07) is 32.8. The van der Waals surface area contributed by atoms with Crippen LogP contribution in [0.4, 0.5) is 62.6 Å². The van der Waals surface area contributed by atoms with Crippen molar-refractivity contribution < 1.29 is 137 Å². The van der Waals surface area contributed by atoms with E-state index in [0.717, 1.165) is 108 Å². The maximum atomic E-state index is 11.9. The fraction of sp³-hybridized carbons (Fsp3) is 0.264. The van der Waals surface area contributed by atoms with Crippen molar-refractivity contribution in [3.8, 4) is 0 Å². The molecule has 0 radical (unpaired) electrons. The normalized spacial score (nSPS) is 13.3. The molecule has 778 valence electrons. The average Bonchev–Trinajstić information content (AvgIpc) is 1.71. The highest BCUT2D eigenvalue weighted by atomic mass is 33.1. The third-order valence-corrected chi connectivity index (χ3v) is 28.2. The first-order valence-electron chi connectivity index (χ1n) is 41.6. The highest BCUT2D eigenvalue weighted by molar-refractivity contribution is 8.78. The summed E-state index contributed by atoms with van der Waals surface area (Å²) < 4.78 is 8.21. The zero-order valence-electron chi connectivity index (χ0n) is 76.7. The first-order chi connectivity index (χ1) is 67.4. The molecule has 52 nitrogen and oxygen atoms in total. The number of hydrogen-bond donors (Lipinski definition) is 18. The number of unbranched alkanes of at least 4 members (excludes halogenated alkanes) is 3. The topological polar surface area (TPSA) is 959 Å². The van der Waals surface area contributed by atoms with E-state index in [4.69, 9.17) is 82.9 Å². The van der Waals surface area contributed by atoms with Crippen LogP contribution in [0.1, 0.15) is 224 Å². The summed E-state index contributed by atoms with van der Waals surface area (Å²) in [6.45, 7) is 2.36. The molecule has 0 bridgehead atoms. The van der Waals surface area contributed by atoms with E-state index in [9.17, 15) is 122 Å². The van der Waals surface area contributed by atoms with Gasteiger partial charge in [0.1, 0.15) is 28.3 Å². The molecular weight excluding hydrogens is 2030 g/mol. The number of H-pyrrole nitrogens is 1. The number of carbonyl (C=O) groups is 15. The number of carbonyl (C=O) groups excluding carboxylic acids is 10. The number of amides is 6. The second-order valence-corrected chi connectivity index (χ2v) is 37.7. The van der Waals surface area contributed by atoms with Crippen LogP contribution < -0.4 is 68.8 Å². The molecule has 5 heterocycles. The molecule has 4 aliphatic heterocycles. The summed E-state index contributed by atoms with van der Waals surface area (Å²) in [5.74, 6) is -8.27. The molecule has 1 aromatic heterocycles. The summed E-state index contributed by atoms with van der Waals surface area (Å²) in [5, 5.41) is 100. The van der Waals surface area contributed by atoms with Gasteiger partial charge < -0.3 is 114 Å². The van der Waals surface area contributed by atoms with Gasteiger partial charge in [0.25, 0.3) is 58.0 Å². The summed E-state index contributed by atoms with van der Waals surface area (Å²) in [7, 11) is 11.9. The van der Waals surface area contributed by atoms with E-state index in [1.54, 1.807) is 36.4 Å². The van der Waals surface area contributed by atoms with Crippen LogP contribution in [0.5, 0.6) is 0 Å². The smallest absolute Gasteiger partial charge is 0.353 e. The monoisotopic (exact) mass is 2130 g/mol. The summed E-state index contributed by atoms with van der Waals surface area (Å²) >= 11 is 0. The Morgan fingerprint density at radius 3 is 1.19 bits per heavy atom.